The van der Waals surface area contributed by atoms with Crippen molar-refractivity contribution in [2.75, 3.05) is 0 Å². The summed E-state index contributed by atoms with van der Waals surface area (Å²) in [6, 6.07) is 63.3. The highest BCUT2D eigenvalue weighted by Crippen LogP contribution is 2.46. The maximum Gasteiger partial charge on any atom is 0.161 e. The first kappa shape index (κ1) is 30.8. The summed E-state index contributed by atoms with van der Waals surface area (Å²) in [6.07, 6.45) is 0. The predicted molar refractivity (Wildman–Crippen MR) is 236 cm³/mol. The summed E-state index contributed by atoms with van der Waals surface area (Å²) in [5.41, 5.74) is 8.67. The van der Waals surface area contributed by atoms with Crippen molar-refractivity contribution in [1.82, 2.24) is 14.5 Å². The molecule has 0 N–H and O–H groups in total. The average Bonchev–Trinajstić information content (AvgIpc) is 3.93. The monoisotopic (exact) mass is 735 g/mol. The van der Waals surface area contributed by atoms with Gasteiger partial charge in [-0.05, 0) is 47.2 Å². The van der Waals surface area contributed by atoms with Crippen molar-refractivity contribution >= 4 is 95.6 Å². The van der Waals surface area contributed by atoms with Crippen LogP contribution in [-0.4, -0.2) is 14.5 Å². The zero-order valence-corrected chi connectivity index (χ0v) is 31.0. The summed E-state index contributed by atoms with van der Waals surface area (Å²) in [5, 5.41) is 10.1. The number of para-hydroxylation sites is 1. The Labute approximate surface area is 324 Å². The van der Waals surface area contributed by atoms with Gasteiger partial charge in [0.15, 0.2) is 5.82 Å². The third-order valence-corrected chi connectivity index (χ3v) is 13.3. The Morgan fingerprint density at radius 2 is 1.02 bits per heavy atom. The van der Waals surface area contributed by atoms with E-state index in [2.05, 4.69) is 168 Å². The van der Waals surface area contributed by atoms with Crippen molar-refractivity contribution in [1.29, 1.82) is 0 Å². The Bertz CT molecular complexity index is 3430. The number of fused-ring (bicyclic) bond motifs is 12. The molecular formula is C50H29N3S2. The fraction of sp³-hybridized carbons (Fsp3) is 0. The number of benzene rings is 8. The lowest BCUT2D eigenvalue weighted by atomic mass is 9.98. The van der Waals surface area contributed by atoms with Crippen LogP contribution in [0, 0.1) is 0 Å². The topological polar surface area (TPSA) is 30.7 Å². The van der Waals surface area contributed by atoms with Crippen molar-refractivity contribution in [2.24, 2.45) is 0 Å². The van der Waals surface area contributed by atoms with Crippen LogP contribution in [0.3, 0.4) is 0 Å². The highest BCUT2D eigenvalue weighted by molar-refractivity contribution is 7.27. The molecule has 0 aliphatic carbocycles. The molecule has 256 valence electrons. The quantitative estimate of drug-likeness (QED) is 0.180. The van der Waals surface area contributed by atoms with E-state index in [1.54, 1.807) is 0 Å². The first-order chi connectivity index (χ1) is 27.3. The minimum Gasteiger partial charge on any atom is -0.308 e. The third-order valence-electron chi connectivity index (χ3n) is 11.0. The van der Waals surface area contributed by atoms with Gasteiger partial charge in [-0.15, -0.1) is 22.7 Å². The van der Waals surface area contributed by atoms with Crippen LogP contribution in [0.5, 0.6) is 0 Å². The van der Waals surface area contributed by atoms with Crippen LogP contribution in [0.1, 0.15) is 0 Å². The van der Waals surface area contributed by atoms with E-state index in [0.717, 1.165) is 39.3 Å². The van der Waals surface area contributed by atoms with Gasteiger partial charge in [-0.1, -0.05) is 140 Å². The second-order valence-corrected chi connectivity index (χ2v) is 16.2. The van der Waals surface area contributed by atoms with Crippen LogP contribution in [0.15, 0.2) is 176 Å². The minimum atomic E-state index is 0.731. The van der Waals surface area contributed by atoms with Crippen LogP contribution >= 0.6 is 22.7 Å². The van der Waals surface area contributed by atoms with Gasteiger partial charge in [0.05, 0.1) is 27.1 Å². The highest BCUT2D eigenvalue weighted by Gasteiger charge is 2.20. The number of hydrogen-bond donors (Lipinski definition) is 0. The van der Waals surface area contributed by atoms with Crippen molar-refractivity contribution in [3.63, 3.8) is 0 Å². The van der Waals surface area contributed by atoms with Gasteiger partial charge in [-0.3, -0.25) is 0 Å². The van der Waals surface area contributed by atoms with E-state index in [-0.39, 0.29) is 0 Å². The number of aromatic nitrogens is 3. The zero-order chi connectivity index (χ0) is 36.0. The van der Waals surface area contributed by atoms with E-state index in [1.165, 1.54) is 73.2 Å². The summed E-state index contributed by atoms with van der Waals surface area (Å²) in [5.74, 6) is 0.731. The summed E-state index contributed by atoms with van der Waals surface area (Å²) in [4.78, 5) is 10.5. The summed E-state index contributed by atoms with van der Waals surface area (Å²) < 4.78 is 7.62. The van der Waals surface area contributed by atoms with E-state index >= 15 is 0 Å². The number of nitrogens with zero attached hydrogens (tertiary/aromatic N) is 3. The van der Waals surface area contributed by atoms with Gasteiger partial charge in [-0.2, -0.15) is 0 Å². The van der Waals surface area contributed by atoms with Gasteiger partial charge in [-0.25, -0.2) is 9.97 Å². The van der Waals surface area contributed by atoms with E-state index in [4.69, 9.17) is 9.97 Å². The lowest BCUT2D eigenvalue weighted by Gasteiger charge is -2.12. The predicted octanol–water partition coefficient (Wildman–Crippen LogP) is 14.5. The Kier molecular flexibility index (Phi) is 6.67. The van der Waals surface area contributed by atoms with Gasteiger partial charge in [0, 0.05) is 68.8 Å². The molecule has 0 spiro atoms. The number of hydrogen-bond acceptors (Lipinski definition) is 4. The second kappa shape index (κ2) is 11.9. The molecule has 0 fully saturated rings. The molecule has 0 saturated heterocycles. The van der Waals surface area contributed by atoms with Crippen molar-refractivity contribution in [3.8, 4) is 39.6 Å². The van der Waals surface area contributed by atoms with Gasteiger partial charge < -0.3 is 4.57 Å². The Morgan fingerprint density at radius 3 is 1.78 bits per heavy atom. The van der Waals surface area contributed by atoms with E-state index in [9.17, 15) is 0 Å². The van der Waals surface area contributed by atoms with Crippen LogP contribution < -0.4 is 0 Å². The first-order valence-electron chi connectivity index (χ1n) is 18.5. The lowest BCUT2D eigenvalue weighted by Crippen LogP contribution is -1.96. The molecule has 0 radical (unpaired) electrons. The van der Waals surface area contributed by atoms with Gasteiger partial charge in [0.1, 0.15) is 0 Å². The highest BCUT2D eigenvalue weighted by atomic mass is 32.1. The third kappa shape index (κ3) is 4.67. The van der Waals surface area contributed by atoms with Crippen LogP contribution in [0.4, 0.5) is 0 Å². The van der Waals surface area contributed by atoms with Crippen molar-refractivity contribution < 1.29 is 0 Å². The summed E-state index contributed by atoms with van der Waals surface area (Å²) in [6.45, 7) is 0. The second-order valence-electron chi connectivity index (χ2n) is 14.1. The van der Waals surface area contributed by atoms with E-state index < -0.39 is 0 Å². The fourth-order valence-corrected chi connectivity index (χ4v) is 11.0. The molecule has 0 amide bonds. The standard InChI is InChI=1S/C50H29N3S2/c1-3-13-30(14-4-1)41-29-42(31-15-5-2-6-16-31)52-50(51-41)40-28-46-47(36-20-8-7-17-33(36)40)39-24-23-32(27-45(39)54-46)53-43-21-11-9-18-34(43)37-25-26-38-35-19-10-12-22-44(35)55-49(38)48(37)53/h1-29H. The van der Waals surface area contributed by atoms with Crippen LogP contribution in [0.25, 0.3) is 113 Å². The largest absolute Gasteiger partial charge is 0.308 e. The van der Waals surface area contributed by atoms with E-state index in [0.29, 0.717) is 0 Å². The normalized spacial score (nSPS) is 12.0. The molecule has 0 atom stereocenters. The Balaban J connectivity index is 1.11. The molecule has 0 bridgehead atoms. The molecule has 8 aromatic carbocycles. The molecule has 0 aliphatic heterocycles. The smallest absolute Gasteiger partial charge is 0.161 e. The molecule has 3 nitrogen and oxygen atoms in total. The molecular weight excluding hydrogens is 707 g/mol. The molecule has 12 aromatic rings. The molecule has 0 saturated carbocycles. The molecule has 12 rings (SSSR count). The molecule has 0 aliphatic rings. The SMILES string of the molecule is c1ccc(-c2cc(-c3ccccc3)nc(-c3cc4sc5cc(-n6c7ccccc7c7ccc8c9ccccc9sc8c76)ccc5c4c4ccccc34)n2)cc1. The van der Waals surface area contributed by atoms with E-state index in [1.807, 2.05) is 34.8 Å². The summed E-state index contributed by atoms with van der Waals surface area (Å²) in [7, 11) is 0. The van der Waals surface area contributed by atoms with Crippen molar-refractivity contribution in [2.45, 2.75) is 0 Å². The Morgan fingerprint density at radius 1 is 0.400 bits per heavy atom. The number of thiophene rings is 2. The van der Waals surface area contributed by atoms with Crippen LogP contribution in [0.2, 0.25) is 0 Å². The maximum atomic E-state index is 5.25. The zero-order valence-electron chi connectivity index (χ0n) is 29.4. The van der Waals surface area contributed by atoms with Gasteiger partial charge in [0.25, 0.3) is 0 Å². The minimum absolute atomic E-state index is 0.731. The molecule has 55 heavy (non-hydrogen) atoms. The molecule has 4 aromatic heterocycles. The number of rotatable bonds is 4. The van der Waals surface area contributed by atoms with Gasteiger partial charge >= 0.3 is 0 Å². The van der Waals surface area contributed by atoms with Crippen LogP contribution in [-0.2, 0) is 0 Å². The van der Waals surface area contributed by atoms with Crippen molar-refractivity contribution in [3.05, 3.63) is 176 Å². The summed E-state index contributed by atoms with van der Waals surface area (Å²) >= 11 is 3.74. The lowest BCUT2D eigenvalue weighted by molar-refractivity contribution is 1.19. The Hall–Kier alpha value is -6.66. The molecule has 4 heterocycles. The fourth-order valence-electron chi connectivity index (χ4n) is 8.53. The molecule has 0 unspecified atom stereocenters. The first-order valence-corrected chi connectivity index (χ1v) is 20.1. The maximum absolute atomic E-state index is 5.25. The average molecular weight is 736 g/mol. The molecule has 5 heteroatoms. The van der Waals surface area contributed by atoms with Gasteiger partial charge in [0.2, 0.25) is 0 Å².